The average molecular weight is 400 g/mol. The van der Waals surface area contributed by atoms with Gasteiger partial charge >= 0.3 is 0 Å². The molecule has 1 fully saturated rings. The number of hydrogen-bond acceptors (Lipinski definition) is 4. The number of anilines is 1. The van der Waals surface area contributed by atoms with Gasteiger partial charge in [0.2, 0.25) is 0 Å². The van der Waals surface area contributed by atoms with Gasteiger partial charge in [0, 0.05) is 55.0 Å². The van der Waals surface area contributed by atoms with E-state index in [1.807, 2.05) is 65.2 Å². The van der Waals surface area contributed by atoms with Gasteiger partial charge in [0.1, 0.15) is 0 Å². The molecule has 0 atom stereocenters. The number of piperazine rings is 1. The third-order valence-electron chi connectivity index (χ3n) is 5.80. The lowest BCUT2D eigenvalue weighted by molar-refractivity contribution is 0.0747. The molecule has 5 rings (SSSR count). The largest absolute Gasteiger partial charge is 0.365 e. The van der Waals surface area contributed by atoms with Crippen molar-refractivity contribution < 1.29 is 4.79 Å². The Bertz CT molecular complexity index is 1200. The summed E-state index contributed by atoms with van der Waals surface area (Å²) in [5.41, 5.74) is 4.99. The van der Waals surface area contributed by atoms with Crippen molar-refractivity contribution in [3.05, 3.63) is 71.8 Å². The van der Waals surface area contributed by atoms with Gasteiger partial charge in [-0.2, -0.15) is 5.10 Å². The first-order valence-corrected chi connectivity index (χ1v) is 10.2. The van der Waals surface area contributed by atoms with E-state index >= 15 is 0 Å². The summed E-state index contributed by atoms with van der Waals surface area (Å²) in [6.45, 7) is 7.07. The number of carbonyl (C=O) groups excluding carboxylic acids is 1. The molecule has 1 aromatic carbocycles. The highest BCUT2D eigenvalue weighted by molar-refractivity contribution is 5.98. The Balaban J connectivity index is 1.32. The molecule has 0 bridgehead atoms. The van der Waals surface area contributed by atoms with Gasteiger partial charge in [-0.15, -0.1) is 0 Å². The molecular formula is C23H24N6O. The van der Waals surface area contributed by atoms with Gasteiger partial charge in [0.15, 0.2) is 5.82 Å². The van der Waals surface area contributed by atoms with Crippen LogP contribution in [0.1, 0.15) is 21.7 Å². The van der Waals surface area contributed by atoms with Crippen LogP contribution in [0.3, 0.4) is 0 Å². The minimum Gasteiger partial charge on any atom is -0.365 e. The standard InChI is InChI=1S/C23H24N6O/c1-16-22(17(2)29(26-16)21-5-3-4-9-25-21)27-11-13-28(14-12-27)23(30)19-6-7-20-18(15-19)8-10-24-20/h3-10,15,24H,11-14H2,1-2H3. The van der Waals surface area contributed by atoms with Crippen molar-refractivity contribution in [1.82, 2.24) is 24.6 Å². The van der Waals surface area contributed by atoms with Crippen LogP contribution in [0.25, 0.3) is 16.7 Å². The van der Waals surface area contributed by atoms with Gasteiger partial charge in [-0.25, -0.2) is 9.67 Å². The van der Waals surface area contributed by atoms with Gasteiger partial charge < -0.3 is 14.8 Å². The number of H-pyrrole nitrogens is 1. The number of fused-ring (bicyclic) bond motifs is 1. The highest BCUT2D eigenvalue weighted by Crippen LogP contribution is 2.27. The number of hydrogen-bond donors (Lipinski definition) is 1. The zero-order valence-corrected chi connectivity index (χ0v) is 17.2. The summed E-state index contributed by atoms with van der Waals surface area (Å²) in [6.07, 6.45) is 3.67. The molecule has 30 heavy (non-hydrogen) atoms. The first-order valence-electron chi connectivity index (χ1n) is 10.2. The Kier molecular flexibility index (Phi) is 4.50. The number of nitrogens with zero attached hydrogens (tertiary/aromatic N) is 5. The molecule has 3 aromatic heterocycles. The third-order valence-corrected chi connectivity index (χ3v) is 5.80. The second kappa shape index (κ2) is 7.33. The fourth-order valence-electron chi connectivity index (χ4n) is 4.30. The molecule has 4 aromatic rings. The van der Waals surface area contributed by atoms with Gasteiger partial charge in [-0.1, -0.05) is 6.07 Å². The molecule has 0 aliphatic carbocycles. The Morgan fingerprint density at radius 3 is 2.63 bits per heavy atom. The van der Waals surface area contributed by atoms with E-state index in [2.05, 4.69) is 21.8 Å². The van der Waals surface area contributed by atoms with Crippen LogP contribution in [-0.4, -0.2) is 56.7 Å². The second-order valence-corrected chi connectivity index (χ2v) is 7.68. The van der Waals surface area contributed by atoms with Gasteiger partial charge in [-0.05, 0) is 50.2 Å². The van der Waals surface area contributed by atoms with Crippen LogP contribution < -0.4 is 4.90 Å². The summed E-state index contributed by atoms with van der Waals surface area (Å²) < 4.78 is 1.90. The van der Waals surface area contributed by atoms with Crippen LogP contribution >= 0.6 is 0 Å². The quantitative estimate of drug-likeness (QED) is 0.573. The zero-order valence-electron chi connectivity index (χ0n) is 17.2. The van der Waals surface area contributed by atoms with Crippen LogP contribution in [0, 0.1) is 13.8 Å². The van der Waals surface area contributed by atoms with E-state index in [9.17, 15) is 4.79 Å². The summed E-state index contributed by atoms with van der Waals surface area (Å²) in [4.78, 5) is 24.9. The molecule has 1 amide bonds. The molecule has 0 radical (unpaired) electrons. The number of aromatic nitrogens is 4. The van der Waals surface area contributed by atoms with Crippen molar-refractivity contribution in [2.45, 2.75) is 13.8 Å². The number of nitrogens with one attached hydrogen (secondary N) is 1. The number of carbonyl (C=O) groups is 1. The molecule has 7 nitrogen and oxygen atoms in total. The Morgan fingerprint density at radius 1 is 1.03 bits per heavy atom. The van der Waals surface area contributed by atoms with E-state index in [1.54, 1.807) is 6.20 Å². The molecule has 152 valence electrons. The van der Waals surface area contributed by atoms with E-state index in [-0.39, 0.29) is 5.91 Å². The van der Waals surface area contributed by atoms with E-state index in [4.69, 9.17) is 5.10 Å². The number of pyridine rings is 1. The first kappa shape index (κ1) is 18.4. The average Bonchev–Trinajstić information content (AvgIpc) is 3.37. The Labute approximate surface area is 174 Å². The Hall–Kier alpha value is -3.61. The molecule has 1 N–H and O–H groups in total. The van der Waals surface area contributed by atoms with Crippen molar-refractivity contribution in [2.24, 2.45) is 0 Å². The molecule has 1 aliphatic heterocycles. The number of aryl methyl sites for hydroxylation is 1. The fraction of sp³-hybridized carbons (Fsp3) is 0.261. The smallest absolute Gasteiger partial charge is 0.253 e. The van der Waals surface area contributed by atoms with Gasteiger partial charge in [-0.3, -0.25) is 4.79 Å². The zero-order chi connectivity index (χ0) is 20.7. The molecular weight excluding hydrogens is 376 g/mol. The van der Waals surface area contributed by atoms with Crippen molar-refractivity contribution in [3.63, 3.8) is 0 Å². The molecule has 4 heterocycles. The molecule has 0 spiro atoms. The first-order chi connectivity index (χ1) is 14.6. The Morgan fingerprint density at radius 2 is 1.87 bits per heavy atom. The predicted molar refractivity (Wildman–Crippen MR) is 117 cm³/mol. The maximum Gasteiger partial charge on any atom is 0.253 e. The maximum absolute atomic E-state index is 13.0. The third kappa shape index (κ3) is 3.12. The van der Waals surface area contributed by atoms with Gasteiger partial charge in [0.25, 0.3) is 5.91 Å². The monoisotopic (exact) mass is 400 g/mol. The van der Waals surface area contributed by atoms with Crippen molar-refractivity contribution >= 4 is 22.5 Å². The molecule has 7 heteroatoms. The minimum atomic E-state index is 0.0929. The van der Waals surface area contributed by atoms with Crippen LogP contribution in [0.15, 0.2) is 54.9 Å². The van der Waals surface area contributed by atoms with Crippen molar-refractivity contribution in [2.75, 3.05) is 31.1 Å². The molecule has 0 saturated carbocycles. The normalized spacial score (nSPS) is 14.5. The summed E-state index contributed by atoms with van der Waals surface area (Å²) in [5, 5.41) is 5.77. The number of amides is 1. The van der Waals surface area contributed by atoms with Crippen LogP contribution in [0.2, 0.25) is 0 Å². The van der Waals surface area contributed by atoms with Crippen LogP contribution in [-0.2, 0) is 0 Å². The second-order valence-electron chi connectivity index (χ2n) is 7.68. The minimum absolute atomic E-state index is 0.0929. The summed E-state index contributed by atoms with van der Waals surface area (Å²) >= 11 is 0. The molecule has 1 saturated heterocycles. The summed E-state index contributed by atoms with van der Waals surface area (Å²) in [7, 11) is 0. The number of benzene rings is 1. The lowest BCUT2D eigenvalue weighted by atomic mass is 10.1. The highest BCUT2D eigenvalue weighted by atomic mass is 16.2. The topological polar surface area (TPSA) is 70.1 Å². The lowest BCUT2D eigenvalue weighted by Gasteiger charge is -2.36. The molecule has 1 aliphatic rings. The SMILES string of the molecule is Cc1nn(-c2ccccn2)c(C)c1N1CCN(C(=O)c2ccc3[nH]ccc3c2)CC1. The number of rotatable bonds is 3. The maximum atomic E-state index is 13.0. The summed E-state index contributed by atoms with van der Waals surface area (Å²) in [5.74, 6) is 0.911. The van der Waals surface area contributed by atoms with E-state index in [0.717, 1.165) is 52.4 Å². The van der Waals surface area contributed by atoms with Crippen LogP contribution in [0.4, 0.5) is 5.69 Å². The van der Waals surface area contributed by atoms with Crippen LogP contribution in [0.5, 0.6) is 0 Å². The molecule has 0 unspecified atom stereocenters. The van der Waals surface area contributed by atoms with Gasteiger partial charge in [0.05, 0.1) is 17.1 Å². The van der Waals surface area contributed by atoms with E-state index in [1.165, 1.54) is 0 Å². The van der Waals surface area contributed by atoms with E-state index in [0.29, 0.717) is 13.1 Å². The fourth-order valence-corrected chi connectivity index (χ4v) is 4.30. The summed E-state index contributed by atoms with van der Waals surface area (Å²) in [6, 6.07) is 13.7. The van der Waals surface area contributed by atoms with Crippen molar-refractivity contribution in [1.29, 1.82) is 0 Å². The van der Waals surface area contributed by atoms with Crippen molar-refractivity contribution in [3.8, 4) is 5.82 Å². The van der Waals surface area contributed by atoms with E-state index < -0.39 is 0 Å². The highest BCUT2D eigenvalue weighted by Gasteiger charge is 2.26. The number of aromatic amines is 1. The lowest BCUT2D eigenvalue weighted by Crippen LogP contribution is -2.49. The predicted octanol–water partition coefficient (Wildman–Crippen LogP) is 3.33.